The van der Waals surface area contributed by atoms with Gasteiger partial charge in [0.2, 0.25) is 0 Å². The highest BCUT2D eigenvalue weighted by molar-refractivity contribution is 6.11. The van der Waals surface area contributed by atoms with Crippen molar-refractivity contribution in [1.82, 2.24) is 5.32 Å². The first-order valence-corrected chi connectivity index (χ1v) is 8.03. The number of hydrogen-bond acceptors (Lipinski definition) is 3. The fourth-order valence-electron chi connectivity index (χ4n) is 2.79. The van der Waals surface area contributed by atoms with E-state index in [9.17, 15) is 18.0 Å². The Kier molecular flexibility index (Phi) is 5.12. The predicted octanol–water partition coefficient (Wildman–Crippen LogP) is 4.67. The molecule has 0 aliphatic rings. The summed E-state index contributed by atoms with van der Waals surface area (Å²) in [7, 11) is 0. The number of hydrogen-bond donors (Lipinski definition) is 2. The van der Waals surface area contributed by atoms with E-state index in [1.165, 1.54) is 24.4 Å². The van der Waals surface area contributed by atoms with Crippen LogP contribution in [0.4, 0.5) is 13.2 Å². The van der Waals surface area contributed by atoms with E-state index in [0.717, 1.165) is 5.39 Å². The summed E-state index contributed by atoms with van der Waals surface area (Å²) in [5, 5.41) is 11.5. The van der Waals surface area contributed by atoms with Crippen LogP contribution in [0.25, 0.3) is 10.8 Å². The molecule has 1 amide bonds. The van der Waals surface area contributed by atoms with E-state index >= 15 is 0 Å². The molecule has 7 heteroatoms. The van der Waals surface area contributed by atoms with Gasteiger partial charge in [-0.3, -0.25) is 4.79 Å². The molecule has 0 atom stereocenters. The first-order valence-electron chi connectivity index (χ1n) is 8.03. The number of para-hydroxylation sites is 1. The molecule has 0 heterocycles. The Labute approximate surface area is 153 Å². The van der Waals surface area contributed by atoms with E-state index in [2.05, 4.69) is 10.1 Å². The summed E-state index contributed by atoms with van der Waals surface area (Å²) in [6.45, 7) is -0.119. The molecule has 27 heavy (non-hydrogen) atoms. The molecule has 0 fully saturated rings. The molecule has 138 valence electrons. The summed E-state index contributed by atoms with van der Waals surface area (Å²) in [6.07, 6.45) is -3.60. The number of nitrogens with one attached hydrogen (secondary N) is 2. The number of ether oxygens (including phenoxy) is 1. The van der Waals surface area contributed by atoms with Crippen molar-refractivity contribution in [1.29, 1.82) is 5.41 Å². The molecule has 0 aliphatic carbocycles. The molecule has 0 aliphatic heterocycles. The zero-order valence-electron chi connectivity index (χ0n) is 14.0. The Hall–Kier alpha value is -3.35. The summed E-state index contributed by atoms with van der Waals surface area (Å²) < 4.78 is 41.5. The van der Waals surface area contributed by atoms with Crippen LogP contribution in [-0.2, 0) is 6.54 Å². The molecule has 0 radical (unpaired) electrons. The van der Waals surface area contributed by atoms with Gasteiger partial charge in [0.25, 0.3) is 5.91 Å². The third-order valence-electron chi connectivity index (χ3n) is 4.00. The lowest BCUT2D eigenvalue weighted by molar-refractivity contribution is -0.274. The van der Waals surface area contributed by atoms with Crippen molar-refractivity contribution in [2.24, 2.45) is 0 Å². The molecule has 0 spiro atoms. The topological polar surface area (TPSA) is 62.2 Å². The van der Waals surface area contributed by atoms with Crippen molar-refractivity contribution in [2.75, 3.05) is 0 Å². The van der Waals surface area contributed by atoms with Gasteiger partial charge in [0.15, 0.2) is 0 Å². The van der Waals surface area contributed by atoms with Crippen molar-refractivity contribution in [3.8, 4) is 5.75 Å². The Morgan fingerprint density at radius 2 is 1.67 bits per heavy atom. The number of amides is 1. The Balaban J connectivity index is 1.84. The zero-order valence-corrected chi connectivity index (χ0v) is 14.0. The molecule has 3 aromatic rings. The SMILES string of the molecule is N=Cc1ccc(C(=O)NCc2ccccc2OC(F)(F)F)c2ccccc12. The second-order valence-corrected chi connectivity index (χ2v) is 5.73. The van der Waals surface area contributed by atoms with Crippen molar-refractivity contribution < 1.29 is 22.7 Å². The highest BCUT2D eigenvalue weighted by Gasteiger charge is 2.32. The van der Waals surface area contributed by atoms with Crippen molar-refractivity contribution in [2.45, 2.75) is 12.9 Å². The van der Waals surface area contributed by atoms with Gasteiger partial charge in [0.1, 0.15) is 5.75 Å². The summed E-state index contributed by atoms with van der Waals surface area (Å²) in [5.41, 5.74) is 1.26. The lowest BCUT2D eigenvalue weighted by Gasteiger charge is -2.14. The summed E-state index contributed by atoms with van der Waals surface area (Å²) in [4.78, 5) is 12.6. The average Bonchev–Trinajstić information content (AvgIpc) is 2.65. The molecule has 4 nitrogen and oxygen atoms in total. The second-order valence-electron chi connectivity index (χ2n) is 5.73. The van der Waals surface area contributed by atoms with Crippen LogP contribution >= 0.6 is 0 Å². The number of alkyl halides is 3. The molecular formula is C20H15F3N2O2. The number of fused-ring (bicyclic) bond motifs is 1. The molecule has 0 unspecified atom stereocenters. The van der Waals surface area contributed by atoms with E-state index in [1.807, 2.05) is 6.07 Å². The number of carbonyl (C=O) groups is 1. The third-order valence-corrected chi connectivity index (χ3v) is 4.00. The zero-order chi connectivity index (χ0) is 19.4. The largest absolute Gasteiger partial charge is 0.573 e. The normalized spacial score (nSPS) is 11.2. The van der Waals surface area contributed by atoms with Gasteiger partial charge >= 0.3 is 6.36 Å². The van der Waals surface area contributed by atoms with Crippen LogP contribution in [0.2, 0.25) is 0 Å². The highest BCUT2D eigenvalue weighted by Crippen LogP contribution is 2.26. The third kappa shape index (κ3) is 4.25. The number of rotatable bonds is 5. The van der Waals surface area contributed by atoms with Crippen LogP contribution in [0.15, 0.2) is 60.7 Å². The molecular weight excluding hydrogens is 357 g/mol. The maximum atomic E-state index is 12.6. The molecule has 3 rings (SSSR count). The van der Waals surface area contributed by atoms with Gasteiger partial charge in [-0.25, -0.2) is 0 Å². The van der Waals surface area contributed by atoms with E-state index < -0.39 is 12.3 Å². The molecule has 0 saturated heterocycles. The van der Waals surface area contributed by atoms with E-state index in [4.69, 9.17) is 5.41 Å². The van der Waals surface area contributed by atoms with Crippen LogP contribution in [0.5, 0.6) is 5.75 Å². The standard InChI is InChI=1S/C20H15F3N2O2/c21-20(22,23)27-18-8-4-1-5-14(18)12-25-19(26)17-10-9-13(11-24)15-6-2-3-7-16(15)17/h1-11,24H,12H2,(H,25,26). The van der Waals surface area contributed by atoms with E-state index in [1.54, 1.807) is 36.4 Å². The van der Waals surface area contributed by atoms with Gasteiger partial charge in [-0.05, 0) is 28.5 Å². The smallest absolute Gasteiger partial charge is 0.405 e. The predicted molar refractivity (Wildman–Crippen MR) is 96.1 cm³/mol. The first kappa shape index (κ1) is 18.4. The lowest BCUT2D eigenvalue weighted by Crippen LogP contribution is -2.24. The average molecular weight is 372 g/mol. The molecule has 0 aromatic heterocycles. The van der Waals surface area contributed by atoms with Crippen LogP contribution < -0.4 is 10.1 Å². The van der Waals surface area contributed by atoms with Crippen molar-refractivity contribution in [3.05, 3.63) is 77.4 Å². The van der Waals surface area contributed by atoms with Crippen LogP contribution in [0.3, 0.4) is 0 Å². The van der Waals surface area contributed by atoms with Crippen LogP contribution in [-0.4, -0.2) is 18.5 Å². The van der Waals surface area contributed by atoms with Gasteiger partial charge in [0.05, 0.1) is 0 Å². The second kappa shape index (κ2) is 7.49. The highest BCUT2D eigenvalue weighted by atomic mass is 19.4. The number of benzene rings is 3. The summed E-state index contributed by atoms with van der Waals surface area (Å²) >= 11 is 0. The van der Waals surface area contributed by atoms with Crippen LogP contribution in [0, 0.1) is 5.41 Å². The van der Waals surface area contributed by atoms with Gasteiger partial charge in [-0.2, -0.15) is 0 Å². The summed E-state index contributed by atoms with van der Waals surface area (Å²) in [5.74, 6) is -0.779. The minimum atomic E-state index is -4.81. The molecule has 3 aromatic carbocycles. The van der Waals surface area contributed by atoms with Gasteiger partial charge in [0, 0.05) is 23.9 Å². The first-order chi connectivity index (χ1) is 12.9. The monoisotopic (exact) mass is 372 g/mol. The number of halogens is 3. The quantitative estimate of drug-likeness (QED) is 0.640. The molecule has 0 bridgehead atoms. The fourth-order valence-corrected chi connectivity index (χ4v) is 2.79. The van der Waals surface area contributed by atoms with Gasteiger partial charge < -0.3 is 15.5 Å². The molecule has 2 N–H and O–H groups in total. The maximum Gasteiger partial charge on any atom is 0.573 e. The fraction of sp³-hybridized carbons (Fsp3) is 0.100. The van der Waals surface area contributed by atoms with Crippen molar-refractivity contribution in [3.63, 3.8) is 0 Å². The van der Waals surface area contributed by atoms with E-state index in [-0.39, 0.29) is 17.9 Å². The Morgan fingerprint density at radius 1 is 1.00 bits per heavy atom. The van der Waals surface area contributed by atoms with Crippen molar-refractivity contribution >= 4 is 22.9 Å². The number of carbonyl (C=O) groups excluding carboxylic acids is 1. The Morgan fingerprint density at radius 3 is 2.37 bits per heavy atom. The van der Waals surface area contributed by atoms with Gasteiger partial charge in [-0.15, -0.1) is 13.2 Å². The maximum absolute atomic E-state index is 12.6. The lowest BCUT2D eigenvalue weighted by atomic mass is 9.99. The minimum Gasteiger partial charge on any atom is -0.405 e. The van der Waals surface area contributed by atoms with Gasteiger partial charge in [-0.1, -0.05) is 48.5 Å². The minimum absolute atomic E-state index is 0.119. The Bertz CT molecular complexity index is 1000. The van der Waals surface area contributed by atoms with Crippen LogP contribution in [0.1, 0.15) is 21.5 Å². The summed E-state index contributed by atoms with van der Waals surface area (Å²) in [6, 6.07) is 16.1. The van der Waals surface area contributed by atoms with E-state index in [0.29, 0.717) is 16.5 Å². The molecule has 0 saturated carbocycles.